The molecule has 1 heterocycles. The van der Waals surface area contributed by atoms with Crippen molar-refractivity contribution in [2.24, 2.45) is 47.3 Å². The number of nitrogens with zero attached hydrogens (tertiary/aromatic N) is 1. The Labute approximate surface area is 156 Å². The average Bonchev–Trinajstić information content (AvgIpc) is 2.59. The van der Waals surface area contributed by atoms with Crippen LogP contribution in [0, 0.1) is 47.3 Å². The Bertz CT molecular complexity index is 616. The topological polar surface area (TPSA) is 44.4 Å². The van der Waals surface area contributed by atoms with Crippen LogP contribution in [0.5, 0.6) is 0 Å². The highest BCUT2D eigenvalue weighted by Gasteiger charge is 2.81. The number of hydrogen-bond donors (Lipinski definition) is 2. The van der Waals surface area contributed by atoms with Gasteiger partial charge in [0.2, 0.25) is 0 Å². The Hall–Kier alpha value is -0.770. The highest BCUT2D eigenvalue weighted by molar-refractivity contribution is 5.76. The van der Waals surface area contributed by atoms with Crippen molar-refractivity contribution >= 4 is 6.03 Å². The van der Waals surface area contributed by atoms with Gasteiger partial charge in [0.1, 0.15) is 0 Å². The predicted molar refractivity (Wildman–Crippen MR) is 99.0 cm³/mol. The molecule has 4 nitrogen and oxygen atoms in total. The first kappa shape index (κ1) is 15.2. The highest BCUT2D eigenvalue weighted by Crippen LogP contribution is 2.73. The molecule has 0 aromatic heterocycles. The maximum absolute atomic E-state index is 13.0. The van der Waals surface area contributed by atoms with Crippen LogP contribution >= 0.6 is 0 Å². The summed E-state index contributed by atoms with van der Waals surface area (Å²) in [6.07, 6.45) is 14.3. The van der Waals surface area contributed by atoms with Crippen LogP contribution in [0.25, 0.3) is 0 Å². The van der Waals surface area contributed by atoms with Crippen molar-refractivity contribution in [2.75, 3.05) is 7.05 Å². The van der Waals surface area contributed by atoms with Crippen LogP contribution < -0.4 is 10.7 Å². The Balaban J connectivity index is 1.39. The van der Waals surface area contributed by atoms with Crippen molar-refractivity contribution in [1.82, 2.24) is 15.8 Å². The van der Waals surface area contributed by atoms with Gasteiger partial charge in [0.25, 0.3) is 0 Å². The lowest BCUT2D eigenvalue weighted by molar-refractivity contribution is -0.317. The van der Waals surface area contributed by atoms with Crippen LogP contribution in [-0.2, 0) is 0 Å². The van der Waals surface area contributed by atoms with Gasteiger partial charge in [-0.1, -0.05) is 0 Å². The SMILES string of the molecule is CNC(=O)N1NC2(C3CC4CC(C3)CC2C4)C12C1CC3CC(C1)CC2C3. The van der Waals surface area contributed by atoms with Crippen LogP contribution in [0.1, 0.15) is 64.2 Å². The van der Waals surface area contributed by atoms with Gasteiger partial charge in [0, 0.05) is 7.05 Å². The average molecular weight is 356 g/mol. The van der Waals surface area contributed by atoms with E-state index in [-0.39, 0.29) is 17.1 Å². The molecule has 2 N–H and O–H groups in total. The first-order chi connectivity index (χ1) is 12.6. The summed E-state index contributed by atoms with van der Waals surface area (Å²) in [4.78, 5) is 13.0. The van der Waals surface area contributed by atoms with Crippen molar-refractivity contribution in [3.05, 3.63) is 0 Å². The molecule has 0 radical (unpaired) electrons. The third-order valence-corrected chi connectivity index (χ3v) is 10.6. The van der Waals surface area contributed by atoms with E-state index in [2.05, 4.69) is 15.8 Å². The minimum Gasteiger partial charge on any atom is -0.340 e. The van der Waals surface area contributed by atoms with E-state index < -0.39 is 0 Å². The fourth-order valence-corrected chi connectivity index (χ4v) is 10.5. The third-order valence-electron chi connectivity index (χ3n) is 10.6. The van der Waals surface area contributed by atoms with Crippen LogP contribution in [0.2, 0.25) is 0 Å². The fraction of sp³-hybridized carbons (Fsp3) is 0.955. The fourth-order valence-electron chi connectivity index (χ4n) is 10.5. The molecule has 4 heteroatoms. The lowest BCUT2D eigenvalue weighted by atomic mass is 9.34. The Morgan fingerprint density at radius 3 is 1.62 bits per heavy atom. The summed E-state index contributed by atoms with van der Waals surface area (Å²) in [5.41, 5.74) is 4.33. The Kier molecular flexibility index (Phi) is 2.70. The van der Waals surface area contributed by atoms with Crippen molar-refractivity contribution in [3.63, 3.8) is 0 Å². The van der Waals surface area contributed by atoms with Crippen molar-refractivity contribution in [1.29, 1.82) is 0 Å². The van der Waals surface area contributed by atoms with Crippen molar-refractivity contribution in [2.45, 2.75) is 75.3 Å². The normalized spacial score (nSPS) is 60.7. The molecule has 0 atom stereocenters. The van der Waals surface area contributed by atoms with E-state index in [1.54, 1.807) is 0 Å². The molecule has 0 aromatic carbocycles. The zero-order chi connectivity index (χ0) is 17.3. The largest absolute Gasteiger partial charge is 0.340 e. The zero-order valence-corrected chi connectivity index (χ0v) is 16.0. The second-order valence-corrected chi connectivity index (χ2v) is 11.3. The monoisotopic (exact) mass is 355 g/mol. The summed E-state index contributed by atoms with van der Waals surface area (Å²) in [6, 6.07) is 0.136. The van der Waals surface area contributed by atoms with Crippen LogP contribution in [0.15, 0.2) is 0 Å². The first-order valence-corrected chi connectivity index (χ1v) is 11.4. The molecule has 2 amide bonds. The number of urea groups is 1. The molecule has 9 rings (SSSR count). The first-order valence-electron chi connectivity index (χ1n) is 11.4. The summed E-state index contributed by atoms with van der Waals surface area (Å²) >= 11 is 0. The van der Waals surface area contributed by atoms with Crippen molar-refractivity contribution < 1.29 is 4.79 Å². The number of hydrogen-bond acceptors (Lipinski definition) is 2. The van der Waals surface area contributed by atoms with E-state index in [1.807, 2.05) is 7.05 Å². The molecular formula is C22H33N3O. The van der Waals surface area contributed by atoms with Gasteiger partial charge in [0.15, 0.2) is 0 Å². The third kappa shape index (κ3) is 1.44. The molecule has 8 saturated carbocycles. The maximum Gasteiger partial charge on any atom is 0.332 e. The molecular weight excluding hydrogens is 322 g/mol. The number of hydrazine groups is 1. The quantitative estimate of drug-likeness (QED) is 0.698. The Morgan fingerprint density at radius 1 is 0.769 bits per heavy atom. The molecule has 0 unspecified atom stereocenters. The van der Waals surface area contributed by atoms with Gasteiger partial charge in [0.05, 0.1) is 11.1 Å². The van der Waals surface area contributed by atoms with Gasteiger partial charge in [-0.05, 0) is 112 Å². The standard InChI is InChI=1S/C22H33N3O/c1-23-20(26)25-22(18-8-14-3-15(10-18)11-19(22)9-14)21(24-25)16-4-12-2-13(6-16)7-17(21)5-12/h12-19,24H,2-11H2,1H3,(H,23,26). The summed E-state index contributed by atoms with van der Waals surface area (Å²) < 4.78 is 0. The predicted octanol–water partition coefficient (Wildman–Crippen LogP) is 3.54. The van der Waals surface area contributed by atoms with E-state index in [4.69, 9.17) is 0 Å². The molecule has 1 saturated heterocycles. The molecule has 2 spiro atoms. The van der Waals surface area contributed by atoms with Crippen molar-refractivity contribution in [3.8, 4) is 0 Å². The summed E-state index contributed by atoms with van der Waals surface area (Å²) in [6.45, 7) is 0. The van der Waals surface area contributed by atoms with E-state index >= 15 is 0 Å². The second-order valence-electron chi connectivity index (χ2n) is 11.3. The molecule has 8 bridgehead atoms. The summed E-state index contributed by atoms with van der Waals surface area (Å²) in [5.74, 6) is 7.09. The molecule has 1 aliphatic heterocycles. The number of nitrogens with one attached hydrogen (secondary N) is 2. The van der Waals surface area contributed by atoms with E-state index in [0.29, 0.717) is 0 Å². The zero-order valence-electron chi connectivity index (χ0n) is 16.0. The van der Waals surface area contributed by atoms with Crippen LogP contribution in [0.4, 0.5) is 4.79 Å². The van der Waals surface area contributed by atoms with Crippen LogP contribution in [0.3, 0.4) is 0 Å². The molecule has 8 aliphatic carbocycles. The van der Waals surface area contributed by atoms with Gasteiger partial charge in [-0.15, -0.1) is 0 Å². The summed E-state index contributed by atoms with van der Waals surface area (Å²) in [5, 5.41) is 5.15. The van der Waals surface area contributed by atoms with Gasteiger partial charge < -0.3 is 5.32 Å². The maximum atomic E-state index is 13.0. The molecule has 26 heavy (non-hydrogen) atoms. The molecule has 142 valence electrons. The number of rotatable bonds is 0. The molecule has 9 fully saturated rings. The minimum atomic E-state index is 0.136. The lowest BCUT2D eigenvalue weighted by Gasteiger charge is -2.82. The van der Waals surface area contributed by atoms with Gasteiger partial charge in [-0.2, -0.15) is 0 Å². The van der Waals surface area contributed by atoms with Crippen LogP contribution in [-0.4, -0.2) is 29.2 Å². The van der Waals surface area contributed by atoms with E-state index in [0.717, 1.165) is 47.3 Å². The van der Waals surface area contributed by atoms with E-state index in [1.165, 1.54) is 64.2 Å². The number of carbonyl (C=O) groups excluding carboxylic acids is 1. The number of amides is 2. The smallest absolute Gasteiger partial charge is 0.332 e. The van der Waals surface area contributed by atoms with Gasteiger partial charge in [-0.25, -0.2) is 10.2 Å². The minimum absolute atomic E-state index is 0.136. The summed E-state index contributed by atoms with van der Waals surface area (Å²) in [7, 11) is 1.82. The second kappa shape index (κ2) is 4.61. The molecule has 0 aromatic rings. The Morgan fingerprint density at radius 2 is 1.19 bits per heavy atom. The lowest BCUT2D eigenvalue weighted by Crippen LogP contribution is -2.98. The van der Waals surface area contributed by atoms with E-state index in [9.17, 15) is 4.79 Å². The molecule has 9 aliphatic rings. The van der Waals surface area contributed by atoms with Gasteiger partial charge >= 0.3 is 6.03 Å². The van der Waals surface area contributed by atoms with Gasteiger partial charge in [-0.3, -0.25) is 5.01 Å². The number of carbonyl (C=O) groups is 1. The highest BCUT2D eigenvalue weighted by atomic mass is 16.2.